The second kappa shape index (κ2) is 6.45. The first kappa shape index (κ1) is 17.4. The molecule has 0 bridgehead atoms. The van der Waals surface area contributed by atoms with Gasteiger partial charge in [0.25, 0.3) is 0 Å². The van der Waals surface area contributed by atoms with Crippen molar-refractivity contribution in [1.29, 1.82) is 5.26 Å². The molecule has 0 amide bonds. The fourth-order valence-electron chi connectivity index (χ4n) is 3.92. The van der Waals surface area contributed by atoms with E-state index >= 15 is 0 Å². The Morgan fingerprint density at radius 2 is 1.88 bits per heavy atom. The van der Waals surface area contributed by atoms with Crippen LogP contribution in [0.25, 0.3) is 0 Å². The van der Waals surface area contributed by atoms with E-state index in [4.69, 9.17) is 10.00 Å². The normalized spacial score (nSPS) is 24.3. The first-order valence-corrected chi connectivity index (χ1v) is 9.58. The zero-order valence-electron chi connectivity index (χ0n) is 14.1. The summed E-state index contributed by atoms with van der Waals surface area (Å²) in [7, 11) is 0.478. The number of likely N-dealkylation sites (N-methyl/N-ethyl adjacent to an activating group) is 1. The largest absolute Gasteiger partial charge is 0.381 e. The third-order valence-corrected chi connectivity index (χ3v) is 7.13. The average Bonchev–Trinajstić information content (AvgIpc) is 2.95. The fraction of sp³-hybridized carbons (Fsp3) is 0.588. The second-order valence-corrected chi connectivity index (χ2v) is 8.83. The number of hydrogen-bond donors (Lipinski definition) is 0. The Morgan fingerprint density at radius 3 is 2.42 bits per heavy atom. The van der Waals surface area contributed by atoms with Gasteiger partial charge in [0.1, 0.15) is 0 Å². The zero-order chi connectivity index (χ0) is 17.4. The van der Waals surface area contributed by atoms with Crippen LogP contribution in [-0.2, 0) is 14.8 Å². The van der Waals surface area contributed by atoms with Gasteiger partial charge in [0.15, 0.2) is 0 Å². The summed E-state index contributed by atoms with van der Waals surface area (Å²) in [6.45, 7) is 2.40. The molecule has 0 aliphatic carbocycles. The van der Waals surface area contributed by atoms with E-state index in [2.05, 4.69) is 4.90 Å². The van der Waals surface area contributed by atoms with Crippen molar-refractivity contribution in [2.45, 2.75) is 23.8 Å². The quantitative estimate of drug-likeness (QED) is 0.822. The van der Waals surface area contributed by atoms with Crippen molar-refractivity contribution in [2.75, 3.05) is 40.4 Å². The Hall–Kier alpha value is -1.46. The van der Waals surface area contributed by atoms with Gasteiger partial charge in [-0.25, -0.2) is 8.42 Å². The van der Waals surface area contributed by atoms with Crippen LogP contribution in [0.2, 0.25) is 0 Å². The van der Waals surface area contributed by atoms with Gasteiger partial charge in [0.2, 0.25) is 10.0 Å². The lowest BCUT2D eigenvalue weighted by Crippen LogP contribution is -2.46. The topological polar surface area (TPSA) is 73.6 Å². The molecule has 0 unspecified atom stereocenters. The minimum absolute atomic E-state index is 0.0403. The molecule has 2 saturated heterocycles. The molecular weight excluding hydrogens is 326 g/mol. The van der Waals surface area contributed by atoms with Crippen molar-refractivity contribution in [2.24, 2.45) is 5.41 Å². The maximum atomic E-state index is 13.0. The monoisotopic (exact) mass is 349 g/mol. The Labute approximate surface area is 143 Å². The molecule has 1 aromatic carbocycles. The van der Waals surface area contributed by atoms with E-state index in [0.717, 1.165) is 12.8 Å². The van der Waals surface area contributed by atoms with Crippen molar-refractivity contribution < 1.29 is 13.2 Å². The highest BCUT2D eigenvalue weighted by Gasteiger charge is 2.51. The van der Waals surface area contributed by atoms with Gasteiger partial charge in [-0.1, -0.05) is 0 Å². The zero-order valence-corrected chi connectivity index (χ0v) is 14.9. The molecule has 6 nitrogen and oxygen atoms in total. The van der Waals surface area contributed by atoms with Crippen molar-refractivity contribution in [1.82, 2.24) is 9.21 Å². The van der Waals surface area contributed by atoms with Gasteiger partial charge >= 0.3 is 0 Å². The van der Waals surface area contributed by atoms with E-state index in [-0.39, 0.29) is 16.4 Å². The summed E-state index contributed by atoms with van der Waals surface area (Å²) >= 11 is 0. The highest BCUT2D eigenvalue weighted by atomic mass is 32.2. The minimum Gasteiger partial charge on any atom is -0.381 e. The van der Waals surface area contributed by atoms with Crippen LogP contribution in [0.1, 0.15) is 18.4 Å². The predicted octanol–water partition coefficient (Wildman–Crippen LogP) is 1.29. The molecule has 24 heavy (non-hydrogen) atoms. The van der Waals surface area contributed by atoms with E-state index in [1.807, 2.05) is 20.2 Å². The Balaban J connectivity index is 1.90. The van der Waals surface area contributed by atoms with Crippen molar-refractivity contribution in [3.05, 3.63) is 29.8 Å². The van der Waals surface area contributed by atoms with E-state index in [0.29, 0.717) is 31.9 Å². The summed E-state index contributed by atoms with van der Waals surface area (Å²) in [4.78, 5) is 2.39. The van der Waals surface area contributed by atoms with Crippen molar-refractivity contribution in [3.8, 4) is 6.07 Å². The van der Waals surface area contributed by atoms with Gasteiger partial charge in [0, 0.05) is 37.8 Å². The van der Waals surface area contributed by atoms with Gasteiger partial charge in [-0.3, -0.25) is 0 Å². The van der Waals surface area contributed by atoms with Gasteiger partial charge in [0.05, 0.1) is 16.5 Å². The molecule has 0 N–H and O–H groups in total. The highest BCUT2D eigenvalue weighted by molar-refractivity contribution is 7.89. The molecule has 0 radical (unpaired) electrons. The molecule has 1 aromatic rings. The van der Waals surface area contributed by atoms with Crippen LogP contribution in [0.3, 0.4) is 0 Å². The summed E-state index contributed by atoms with van der Waals surface area (Å²) in [5, 5.41) is 8.88. The summed E-state index contributed by atoms with van der Waals surface area (Å²) < 4.78 is 33.1. The summed E-state index contributed by atoms with van der Waals surface area (Å²) in [6.07, 6.45) is 1.77. The van der Waals surface area contributed by atoms with E-state index in [9.17, 15) is 8.42 Å². The summed E-state index contributed by atoms with van der Waals surface area (Å²) in [6, 6.07) is 8.35. The van der Waals surface area contributed by atoms with E-state index < -0.39 is 10.0 Å². The standard InChI is InChI=1S/C17H23N3O3S/c1-19(2)16-12-20(13-17(16)7-9-23-10-8-17)24(21,22)15-5-3-14(11-18)4-6-15/h3-6,16H,7-10,12-13H2,1-2H3/t16-/m0/s1. The van der Waals surface area contributed by atoms with Crippen LogP contribution >= 0.6 is 0 Å². The molecule has 0 aromatic heterocycles. The van der Waals surface area contributed by atoms with Gasteiger partial charge in [-0.15, -0.1) is 0 Å². The molecule has 7 heteroatoms. The average molecular weight is 349 g/mol. The maximum absolute atomic E-state index is 13.0. The number of hydrogen-bond acceptors (Lipinski definition) is 5. The predicted molar refractivity (Wildman–Crippen MR) is 89.9 cm³/mol. The number of nitriles is 1. The third kappa shape index (κ3) is 2.95. The van der Waals surface area contributed by atoms with Crippen molar-refractivity contribution in [3.63, 3.8) is 0 Å². The molecule has 0 saturated carbocycles. The molecule has 130 valence electrons. The van der Waals surface area contributed by atoms with Gasteiger partial charge in [-0.05, 0) is 51.2 Å². The highest BCUT2D eigenvalue weighted by Crippen LogP contribution is 2.43. The summed E-state index contributed by atoms with van der Waals surface area (Å²) in [5.74, 6) is 0. The molecule has 2 aliphatic rings. The molecule has 2 aliphatic heterocycles. The van der Waals surface area contributed by atoms with Crippen molar-refractivity contribution >= 4 is 10.0 Å². The van der Waals surface area contributed by atoms with Crippen LogP contribution < -0.4 is 0 Å². The lowest BCUT2D eigenvalue weighted by atomic mass is 9.75. The van der Waals surface area contributed by atoms with E-state index in [1.165, 1.54) is 12.1 Å². The molecule has 2 fully saturated rings. The third-order valence-electron chi connectivity index (χ3n) is 5.31. The molecule has 1 atom stereocenters. The number of rotatable bonds is 3. The van der Waals surface area contributed by atoms with Gasteiger partial charge < -0.3 is 9.64 Å². The fourth-order valence-corrected chi connectivity index (χ4v) is 5.46. The smallest absolute Gasteiger partial charge is 0.243 e. The number of benzene rings is 1. The van der Waals surface area contributed by atoms with Crippen LogP contribution in [0, 0.1) is 16.7 Å². The number of nitrogens with zero attached hydrogens (tertiary/aromatic N) is 3. The Bertz CT molecular complexity index is 731. The molecule has 2 heterocycles. The molecule has 1 spiro atoms. The lowest BCUT2D eigenvalue weighted by Gasteiger charge is -2.40. The number of sulfonamides is 1. The van der Waals surface area contributed by atoms with Crippen LogP contribution in [-0.4, -0.2) is 64.1 Å². The van der Waals surface area contributed by atoms with Crippen LogP contribution in [0.15, 0.2) is 29.2 Å². The maximum Gasteiger partial charge on any atom is 0.243 e. The van der Waals surface area contributed by atoms with Gasteiger partial charge in [-0.2, -0.15) is 9.57 Å². The Kier molecular flexibility index (Phi) is 4.67. The summed E-state index contributed by atoms with van der Waals surface area (Å²) in [5.41, 5.74) is 0.420. The number of ether oxygens (including phenoxy) is 1. The van der Waals surface area contributed by atoms with E-state index in [1.54, 1.807) is 16.4 Å². The SMILES string of the molecule is CN(C)[C@H]1CN(S(=O)(=O)c2ccc(C#N)cc2)CC12CCOCC2. The first-order chi connectivity index (χ1) is 11.4. The lowest BCUT2D eigenvalue weighted by molar-refractivity contribution is -0.00716. The van der Waals surface area contributed by atoms with Crippen LogP contribution in [0.4, 0.5) is 0 Å². The van der Waals surface area contributed by atoms with Crippen LogP contribution in [0.5, 0.6) is 0 Å². The minimum atomic E-state index is -3.55. The second-order valence-electron chi connectivity index (χ2n) is 6.89. The molecule has 3 rings (SSSR count). The Morgan fingerprint density at radius 1 is 1.25 bits per heavy atom. The molecular formula is C17H23N3O3S. The first-order valence-electron chi connectivity index (χ1n) is 8.14.